The van der Waals surface area contributed by atoms with Gasteiger partial charge < -0.3 is 14.8 Å². The van der Waals surface area contributed by atoms with Crippen LogP contribution in [0.25, 0.3) is 17.5 Å². The lowest BCUT2D eigenvalue weighted by molar-refractivity contribution is -0.140. The molecule has 1 atom stereocenters. The number of amides is 2. The van der Waals surface area contributed by atoms with Gasteiger partial charge in [-0.15, -0.1) is 0 Å². The molecule has 0 saturated heterocycles. The lowest BCUT2D eigenvalue weighted by atomic mass is 9.88. The van der Waals surface area contributed by atoms with Crippen LogP contribution < -0.4 is 0 Å². The van der Waals surface area contributed by atoms with E-state index >= 15 is 0 Å². The quantitative estimate of drug-likeness (QED) is 0.623. The highest BCUT2D eigenvalue weighted by atomic mass is 16.2. The van der Waals surface area contributed by atoms with Crippen molar-refractivity contribution in [3.63, 3.8) is 0 Å². The molecule has 0 spiro atoms. The molecule has 2 aromatic rings. The van der Waals surface area contributed by atoms with Gasteiger partial charge in [-0.05, 0) is 43.7 Å². The number of aromatic nitrogens is 3. The van der Waals surface area contributed by atoms with Gasteiger partial charge in [-0.25, -0.2) is 0 Å². The molecule has 0 aromatic carbocycles. The van der Waals surface area contributed by atoms with Gasteiger partial charge in [0.15, 0.2) is 0 Å². The van der Waals surface area contributed by atoms with Crippen LogP contribution in [0.1, 0.15) is 70.0 Å². The molecule has 0 fully saturated rings. The van der Waals surface area contributed by atoms with Crippen LogP contribution in [0.2, 0.25) is 0 Å². The summed E-state index contributed by atoms with van der Waals surface area (Å²) >= 11 is 0. The minimum atomic E-state index is -0.0343. The number of H-pyrrole nitrogens is 2. The number of fused-ring (bicyclic) bond motifs is 1. The van der Waals surface area contributed by atoms with Crippen LogP contribution in [0.4, 0.5) is 0 Å². The fourth-order valence-electron chi connectivity index (χ4n) is 4.39. The molecule has 0 bridgehead atoms. The summed E-state index contributed by atoms with van der Waals surface area (Å²) in [6.07, 6.45) is 7.38. The Balaban J connectivity index is 1.77. The van der Waals surface area contributed by atoms with E-state index < -0.39 is 0 Å². The number of carbonyl (C=O) groups excluding carboxylic acids is 2. The lowest BCUT2D eigenvalue weighted by Crippen LogP contribution is -2.46. The molecule has 33 heavy (non-hydrogen) atoms. The van der Waals surface area contributed by atoms with Crippen LogP contribution in [0.15, 0.2) is 12.1 Å². The fraction of sp³-hybridized carbons (Fsp3) is 0.577. The van der Waals surface area contributed by atoms with Crippen molar-refractivity contribution in [1.29, 1.82) is 0 Å². The molecule has 180 valence electrons. The standard InChI is InChI=1S/C26H39N5O2/c1-8-23(32)30(7)16-24(33)31(9-2)19-11-10-18-14-22(27-21(18)15-19)25-20(17(3)28-29-25)12-13-26(4,5)6/h10-11,14,19,27H,8-9,12-13,15-16H2,1-7H3,(H,28,29). The van der Waals surface area contributed by atoms with E-state index in [0.717, 1.165) is 47.6 Å². The molecule has 2 heterocycles. The van der Waals surface area contributed by atoms with Gasteiger partial charge in [0.1, 0.15) is 5.69 Å². The summed E-state index contributed by atoms with van der Waals surface area (Å²) in [5, 5.41) is 7.77. The van der Waals surface area contributed by atoms with E-state index in [-0.39, 0.29) is 29.8 Å². The molecule has 0 radical (unpaired) electrons. The van der Waals surface area contributed by atoms with Crippen LogP contribution in [-0.4, -0.2) is 63.0 Å². The van der Waals surface area contributed by atoms with Crippen molar-refractivity contribution in [3.05, 3.63) is 34.7 Å². The van der Waals surface area contributed by atoms with E-state index in [9.17, 15) is 9.59 Å². The van der Waals surface area contributed by atoms with E-state index in [1.807, 2.05) is 18.7 Å². The van der Waals surface area contributed by atoms with E-state index in [1.54, 1.807) is 7.05 Å². The summed E-state index contributed by atoms with van der Waals surface area (Å²) in [6, 6.07) is 2.12. The van der Waals surface area contributed by atoms with Crippen molar-refractivity contribution in [1.82, 2.24) is 25.0 Å². The maximum atomic E-state index is 12.9. The molecular weight excluding hydrogens is 414 g/mol. The second-order valence-electron chi connectivity index (χ2n) is 10.3. The summed E-state index contributed by atoms with van der Waals surface area (Å²) in [5.41, 5.74) is 6.90. The third-order valence-electron chi connectivity index (χ3n) is 6.46. The number of likely N-dealkylation sites (N-methyl/N-ethyl adjacent to an activating group) is 2. The van der Waals surface area contributed by atoms with Gasteiger partial charge in [-0.1, -0.05) is 39.8 Å². The van der Waals surface area contributed by atoms with Gasteiger partial charge in [0.2, 0.25) is 11.8 Å². The molecule has 0 saturated carbocycles. The van der Waals surface area contributed by atoms with Gasteiger partial charge in [-0.3, -0.25) is 14.7 Å². The Morgan fingerprint density at radius 3 is 2.58 bits per heavy atom. The number of aryl methyl sites for hydroxylation is 1. The summed E-state index contributed by atoms with van der Waals surface area (Å²) in [4.78, 5) is 31.8. The topological polar surface area (TPSA) is 85.1 Å². The number of aromatic amines is 2. The number of carbonyl (C=O) groups is 2. The van der Waals surface area contributed by atoms with Crippen LogP contribution in [-0.2, 0) is 22.4 Å². The first-order chi connectivity index (χ1) is 15.5. The summed E-state index contributed by atoms with van der Waals surface area (Å²) in [5.74, 6) is -0.0504. The minimum absolute atomic E-state index is 0.0218. The van der Waals surface area contributed by atoms with Crippen molar-refractivity contribution in [2.75, 3.05) is 20.1 Å². The van der Waals surface area contributed by atoms with E-state index in [4.69, 9.17) is 0 Å². The average Bonchev–Trinajstić information content (AvgIpc) is 3.34. The van der Waals surface area contributed by atoms with Gasteiger partial charge in [0.25, 0.3) is 0 Å². The Labute approximate surface area is 197 Å². The van der Waals surface area contributed by atoms with Crippen LogP contribution in [0.3, 0.4) is 0 Å². The molecule has 2 amide bonds. The molecule has 3 rings (SSSR count). The van der Waals surface area contributed by atoms with Crippen LogP contribution >= 0.6 is 0 Å². The zero-order valence-corrected chi connectivity index (χ0v) is 21.2. The fourth-order valence-corrected chi connectivity index (χ4v) is 4.39. The first-order valence-corrected chi connectivity index (χ1v) is 12.0. The second kappa shape index (κ2) is 9.98. The van der Waals surface area contributed by atoms with Gasteiger partial charge in [0, 0.05) is 43.4 Å². The van der Waals surface area contributed by atoms with Crippen molar-refractivity contribution < 1.29 is 9.59 Å². The SMILES string of the molecule is CCC(=O)N(C)CC(=O)N(CC)C1C=Cc2cc(-c3n[nH]c(C)c3CCC(C)(C)C)[nH]c2C1. The van der Waals surface area contributed by atoms with Gasteiger partial charge in [0.05, 0.1) is 18.3 Å². The van der Waals surface area contributed by atoms with E-state index in [1.165, 1.54) is 10.5 Å². The monoisotopic (exact) mass is 453 g/mol. The highest BCUT2D eigenvalue weighted by Gasteiger charge is 2.27. The molecule has 2 N–H and O–H groups in total. The third kappa shape index (κ3) is 5.75. The number of hydrogen-bond acceptors (Lipinski definition) is 3. The molecule has 0 aliphatic heterocycles. The maximum Gasteiger partial charge on any atom is 0.242 e. The largest absolute Gasteiger partial charge is 0.356 e. The Morgan fingerprint density at radius 2 is 1.94 bits per heavy atom. The van der Waals surface area contributed by atoms with E-state index in [2.05, 4.69) is 61.1 Å². The Bertz CT molecular complexity index is 1020. The minimum Gasteiger partial charge on any atom is -0.356 e. The molecule has 1 aliphatic rings. The Morgan fingerprint density at radius 1 is 1.21 bits per heavy atom. The molecule has 7 heteroatoms. The first-order valence-electron chi connectivity index (χ1n) is 12.0. The van der Waals surface area contributed by atoms with Crippen LogP contribution in [0.5, 0.6) is 0 Å². The second-order valence-corrected chi connectivity index (χ2v) is 10.3. The Hall–Kier alpha value is -2.83. The number of hydrogen-bond donors (Lipinski definition) is 2. The molecule has 1 aliphatic carbocycles. The van der Waals surface area contributed by atoms with Crippen molar-refractivity contribution >= 4 is 17.9 Å². The normalized spacial score (nSPS) is 15.4. The van der Waals surface area contributed by atoms with Crippen molar-refractivity contribution in [2.24, 2.45) is 5.41 Å². The highest BCUT2D eigenvalue weighted by molar-refractivity contribution is 5.85. The number of nitrogens with one attached hydrogen (secondary N) is 2. The maximum absolute atomic E-state index is 12.9. The zero-order valence-electron chi connectivity index (χ0n) is 21.2. The number of rotatable bonds is 8. The predicted molar refractivity (Wildman–Crippen MR) is 133 cm³/mol. The molecule has 1 unspecified atom stereocenters. The number of nitrogens with zero attached hydrogens (tertiary/aromatic N) is 3. The van der Waals surface area contributed by atoms with Crippen LogP contribution in [0, 0.1) is 12.3 Å². The third-order valence-corrected chi connectivity index (χ3v) is 6.46. The van der Waals surface area contributed by atoms with Crippen molar-refractivity contribution in [3.8, 4) is 11.4 Å². The molecule has 7 nitrogen and oxygen atoms in total. The van der Waals surface area contributed by atoms with Gasteiger partial charge >= 0.3 is 0 Å². The molecular formula is C26H39N5O2. The first kappa shape index (κ1) is 24.8. The average molecular weight is 454 g/mol. The predicted octanol–water partition coefficient (Wildman–Crippen LogP) is 4.35. The molecule has 2 aromatic heterocycles. The highest BCUT2D eigenvalue weighted by Crippen LogP contribution is 2.32. The summed E-state index contributed by atoms with van der Waals surface area (Å²) in [6.45, 7) is 13.4. The Kier molecular flexibility index (Phi) is 7.50. The lowest BCUT2D eigenvalue weighted by Gasteiger charge is -2.32. The smallest absolute Gasteiger partial charge is 0.242 e. The zero-order chi connectivity index (χ0) is 24.3. The van der Waals surface area contributed by atoms with Crippen molar-refractivity contribution in [2.45, 2.75) is 73.3 Å². The summed E-state index contributed by atoms with van der Waals surface area (Å²) in [7, 11) is 1.69. The van der Waals surface area contributed by atoms with Gasteiger partial charge in [-0.2, -0.15) is 5.10 Å². The van der Waals surface area contributed by atoms with E-state index in [0.29, 0.717) is 13.0 Å². The summed E-state index contributed by atoms with van der Waals surface area (Å²) < 4.78 is 0.